The molecule has 0 aliphatic rings. The van der Waals surface area contributed by atoms with Gasteiger partial charge in [-0.15, -0.1) is 0 Å². The first-order valence-electron chi connectivity index (χ1n) is 8.04. The highest BCUT2D eigenvalue weighted by Gasteiger charge is 2.29. The van der Waals surface area contributed by atoms with E-state index in [1.807, 2.05) is 45.0 Å². The quantitative estimate of drug-likeness (QED) is 0.888. The van der Waals surface area contributed by atoms with Crippen molar-refractivity contribution in [1.82, 2.24) is 0 Å². The third-order valence-electron chi connectivity index (χ3n) is 4.07. The zero-order valence-corrected chi connectivity index (χ0v) is 16.0. The zero-order chi connectivity index (χ0) is 18.8. The molecule has 1 N–H and O–H groups in total. The molecule has 1 amide bonds. The third-order valence-corrected chi connectivity index (χ3v) is 5.32. The van der Waals surface area contributed by atoms with Crippen LogP contribution in [0.1, 0.15) is 23.6 Å². The number of amides is 1. The highest BCUT2D eigenvalue weighted by molar-refractivity contribution is 7.92. The molecule has 2 aromatic carbocycles. The minimum atomic E-state index is -3.62. The smallest absolute Gasteiger partial charge is 0.248 e. The van der Waals surface area contributed by atoms with Gasteiger partial charge in [-0.05, 0) is 56.5 Å². The summed E-state index contributed by atoms with van der Waals surface area (Å²) in [6, 6.07) is 11.9. The topological polar surface area (TPSA) is 66.5 Å². The zero-order valence-electron chi connectivity index (χ0n) is 15.2. The molecule has 0 radical (unpaired) electrons. The summed E-state index contributed by atoms with van der Waals surface area (Å²) in [5, 5.41) is 2.87. The van der Waals surface area contributed by atoms with Crippen LogP contribution in [0.5, 0.6) is 0 Å². The normalized spacial score (nSPS) is 12.5. The molecule has 0 aliphatic heterocycles. The first-order chi connectivity index (χ1) is 11.6. The summed E-state index contributed by atoms with van der Waals surface area (Å²) in [4.78, 5) is 12.7. The van der Waals surface area contributed by atoms with Gasteiger partial charge in [0.1, 0.15) is 6.04 Å². The lowest BCUT2D eigenvalue weighted by molar-refractivity contribution is -0.116. The van der Waals surface area contributed by atoms with E-state index >= 15 is 0 Å². The largest absolute Gasteiger partial charge is 0.324 e. The Morgan fingerprint density at radius 1 is 1.04 bits per heavy atom. The summed E-state index contributed by atoms with van der Waals surface area (Å²) < 4.78 is 25.8. The van der Waals surface area contributed by atoms with E-state index in [2.05, 4.69) is 5.32 Å². The van der Waals surface area contributed by atoms with Crippen LogP contribution >= 0.6 is 0 Å². The minimum absolute atomic E-state index is 0.371. The molecule has 0 aromatic heterocycles. The molecule has 0 fully saturated rings. The number of benzene rings is 2. The standard InChI is InChI=1S/C19H24N2O3S/c1-13-8-6-11-17(12-13)21(25(5,23)24)16(4)19(22)20-18-14(2)9-7-10-15(18)3/h6-12,16H,1-5H3,(H,20,22)/t16-/m0/s1. The van der Waals surface area contributed by atoms with E-state index < -0.39 is 16.1 Å². The fraction of sp³-hybridized carbons (Fsp3) is 0.316. The average molecular weight is 360 g/mol. The number of para-hydroxylation sites is 1. The number of rotatable bonds is 5. The molecule has 0 heterocycles. The summed E-state index contributed by atoms with van der Waals surface area (Å²) in [5.41, 5.74) is 3.99. The second kappa shape index (κ2) is 7.27. The van der Waals surface area contributed by atoms with Crippen LogP contribution in [0.25, 0.3) is 0 Å². The van der Waals surface area contributed by atoms with Crippen LogP contribution < -0.4 is 9.62 Å². The first-order valence-corrected chi connectivity index (χ1v) is 9.89. The lowest BCUT2D eigenvalue weighted by atomic mass is 10.1. The predicted molar refractivity (Wildman–Crippen MR) is 103 cm³/mol. The van der Waals surface area contributed by atoms with Gasteiger partial charge in [0.05, 0.1) is 11.9 Å². The number of carbonyl (C=O) groups is 1. The molecule has 0 bridgehead atoms. The van der Waals surface area contributed by atoms with E-state index in [1.54, 1.807) is 25.1 Å². The minimum Gasteiger partial charge on any atom is -0.324 e. The fourth-order valence-electron chi connectivity index (χ4n) is 2.81. The van der Waals surface area contributed by atoms with Crippen molar-refractivity contribution < 1.29 is 13.2 Å². The second-order valence-electron chi connectivity index (χ2n) is 6.33. The van der Waals surface area contributed by atoms with Gasteiger partial charge in [0.15, 0.2) is 0 Å². The number of nitrogens with zero attached hydrogens (tertiary/aromatic N) is 1. The first kappa shape index (κ1) is 19.0. The highest BCUT2D eigenvalue weighted by atomic mass is 32.2. The van der Waals surface area contributed by atoms with Crippen molar-refractivity contribution in [3.8, 4) is 0 Å². The molecule has 0 aliphatic carbocycles. The van der Waals surface area contributed by atoms with E-state index in [-0.39, 0.29) is 5.91 Å². The summed E-state index contributed by atoms with van der Waals surface area (Å²) in [6.45, 7) is 7.28. The van der Waals surface area contributed by atoms with Gasteiger partial charge < -0.3 is 5.32 Å². The Kier molecular flexibility index (Phi) is 5.52. The molecule has 6 heteroatoms. The Bertz CT molecular complexity index is 871. The number of sulfonamides is 1. The highest BCUT2D eigenvalue weighted by Crippen LogP contribution is 2.24. The Hall–Kier alpha value is -2.34. The van der Waals surface area contributed by atoms with Gasteiger partial charge in [-0.3, -0.25) is 9.10 Å². The van der Waals surface area contributed by atoms with Crippen LogP contribution in [-0.2, 0) is 14.8 Å². The van der Waals surface area contributed by atoms with Crippen molar-refractivity contribution in [2.45, 2.75) is 33.7 Å². The van der Waals surface area contributed by atoms with Gasteiger partial charge in [-0.25, -0.2) is 8.42 Å². The molecule has 2 rings (SSSR count). The van der Waals surface area contributed by atoms with Crippen molar-refractivity contribution in [2.75, 3.05) is 15.9 Å². The van der Waals surface area contributed by atoms with E-state index in [9.17, 15) is 13.2 Å². The number of hydrogen-bond acceptors (Lipinski definition) is 3. The lowest BCUT2D eigenvalue weighted by Gasteiger charge is -2.28. The van der Waals surface area contributed by atoms with Crippen LogP contribution in [0, 0.1) is 20.8 Å². The van der Waals surface area contributed by atoms with Crippen molar-refractivity contribution >= 4 is 27.3 Å². The van der Waals surface area contributed by atoms with Gasteiger partial charge in [0, 0.05) is 5.69 Å². The number of nitrogens with one attached hydrogen (secondary N) is 1. The van der Waals surface area contributed by atoms with Gasteiger partial charge in [0.2, 0.25) is 15.9 Å². The molecule has 0 spiro atoms. The molecule has 134 valence electrons. The lowest BCUT2D eigenvalue weighted by Crippen LogP contribution is -2.45. The molecule has 2 aromatic rings. The molecule has 1 atom stereocenters. The fourth-order valence-corrected chi connectivity index (χ4v) is 3.98. The molecule has 0 unspecified atom stereocenters. The van der Waals surface area contributed by atoms with E-state index in [0.29, 0.717) is 5.69 Å². The van der Waals surface area contributed by atoms with E-state index in [4.69, 9.17) is 0 Å². The van der Waals surface area contributed by atoms with Crippen molar-refractivity contribution in [2.24, 2.45) is 0 Å². The van der Waals surface area contributed by atoms with Crippen LogP contribution in [0.2, 0.25) is 0 Å². The van der Waals surface area contributed by atoms with E-state index in [0.717, 1.165) is 32.9 Å². The molecule has 0 saturated carbocycles. The maximum atomic E-state index is 12.7. The van der Waals surface area contributed by atoms with Gasteiger partial charge >= 0.3 is 0 Å². The maximum Gasteiger partial charge on any atom is 0.248 e. The molecule has 5 nitrogen and oxygen atoms in total. The molecule has 0 saturated heterocycles. The summed E-state index contributed by atoms with van der Waals surface area (Å²) in [6.07, 6.45) is 1.11. The second-order valence-corrected chi connectivity index (χ2v) is 8.19. The maximum absolute atomic E-state index is 12.7. The molecule has 25 heavy (non-hydrogen) atoms. The number of carbonyl (C=O) groups excluding carboxylic acids is 1. The van der Waals surface area contributed by atoms with Crippen molar-refractivity contribution in [1.29, 1.82) is 0 Å². The van der Waals surface area contributed by atoms with Crippen molar-refractivity contribution in [3.05, 3.63) is 59.2 Å². The third kappa shape index (κ3) is 4.39. The van der Waals surface area contributed by atoms with Crippen LogP contribution in [0.3, 0.4) is 0 Å². The monoisotopic (exact) mass is 360 g/mol. The average Bonchev–Trinajstić information content (AvgIpc) is 2.49. The van der Waals surface area contributed by atoms with E-state index in [1.165, 1.54) is 0 Å². The number of anilines is 2. The number of aryl methyl sites for hydroxylation is 3. The molecular formula is C19H24N2O3S. The Balaban J connectivity index is 2.37. The summed E-state index contributed by atoms with van der Waals surface area (Å²) in [5.74, 6) is -0.371. The van der Waals surface area contributed by atoms with Gasteiger partial charge in [0.25, 0.3) is 0 Å². The Morgan fingerprint density at radius 3 is 2.12 bits per heavy atom. The van der Waals surface area contributed by atoms with Crippen LogP contribution in [0.4, 0.5) is 11.4 Å². The molecular weight excluding hydrogens is 336 g/mol. The summed E-state index contributed by atoms with van der Waals surface area (Å²) in [7, 11) is -3.62. The number of hydrogen-bond donors (Lipinski definition) is 1. The van der Waals surface area contributed by atoms with Crippen molar-refractivity contribution in [3.63, 3.8) is 0 Å². The predicted octanol–water partition coefficient (Wildman–Crippen LogP) is 3.41. The van der Waals surface area contributed by atoms with Crippen LogP contribution in [-0.4, -0.2) is 26.6 Å². The Morgan fingerprint density at radius 2 is 1.60 bits per heavy atom. The SMILES string of the molecule is Cc1cccc(N([C@@H](C)C(=O)Nc2c(C)cccc2C)S(C)(=O)=O)c1. The van der Waals surface area contributed by atoms with Crippen LogP contribution in [0.15, 0.2) is 42.5 Å². The Labute approximate surface area is 149 Å². The summed E-state index contributed by atoms with van der Waals surface area (Å²) >= 11 is 0. The van der Waals surface area contributed by atoms with Gasteiger partial charge in [-0.1, -0.05) is 30.3 Å². The van der Waals surface area contributed by atoms with Gasteiger partial charge in [-0.2, -0.15) is 0 Å².